The van der Waals surface area contributed by atoms with Crippen molar-refractivity contribution >= 4 is 33.5 Å². The zero-order valence-corrected chi connectivity index (χ0v) is 12.5. The number of hydrogen-bond donors (Lipinski definition) is 2. The van der Waals surface area contributed by atoms with Crippen LogP contribution in [0.4, 0.5) is 5.69 Å². The summed E-state index contributed by atoms with van der Waals surface area (Å²) >= 11 is 3.36. The molecule has 1 atom stereocenters. The highest BCUT2D eigenvalue weighted by atomic mass is 79.9. The predicted molar refractivity (Wildman–Crippen MR) is 76.8 cm³/mol. The Hall–Kier alpha value is -1.40. The van der Waals surface area contributed by atoms with Crippen molar-refractivity contribution in [3.8, 4) is 0 Å². The van der Waals surface area contributed by atoms with Crippen molar-refractivity contribution in [1.29, 1.82) is 0 Å². The molecule has 6 heteroatoms. The van der Waals surface area contributed by atoms with Gasteiger partial charge in [0.05, 0.1) is 6.61 Å². The van der Waals surface area contributed by atoms with Gasteiger partial charge in [0.25, 0.3) is 5.91 Å². The minimum atomic E-state index is -1.31. The quantitative estimate of drug-likeness (QED) is 0.638. The Morgan fingerprint density at radius 3 is 2.68 bits per heavy atom. The molecule has 0 aliphatic rings. The molecule has 0 spiro atoms. The highest BCUT2D eigenvalue weighted by Gasteiger charge is 2.23. The Morgan fingerprint density at radius 1 is 1.42 bits per heavy atom. The highest BCUT2D eigenvalue weighted by molar-refractivity contribution is 9.10. The molecule has 1 unspecified atom stereocenters. The molecule has 0 aromatic heterocycles. The number of aryl methyl sites for hydroxylation is 1. The van der Waals surface area contributed by atoms with Gasteiger partial charge in [-0.25, -0.2) is 4.79 Å². The average molecular weight is 329 g/mol. The molecule has 1 aromatic rings. The number of halogens is 1. The Kier molecular flexibility index (Phi) is 5.98. The number of rotatable bonds is 5. The number of carbonyl (C=O) groups is 2. The third-order valence-corrected chi connectivity index (χ3v) is 3.02. The van der Waals surface area contributed by atoms with Crippen molar-refractivity contribution in [1.82, 2.24) is 0 Å². The molecular formula is C13H17BrN2O3. The van der Waals surface area contributed by atoms with Gasteiger partial charge in [0.1, 0.15) is 0 Å². The molecule has 1 amide bonds. The van der Waals surface area contributed by atoms with E-state index >= 15 is 0 Å². The third-order valence-electron chi connectivity index (χ3n) is 2.53. The van der Waals surface area contributed by atoms with Crippen molar-refractivity contribution in [3.63, 3.8) is 0 Å². The molecule has 0 aliphatic heterocycles. The molecule has 0 bridgehead atoms. The van der Waals surface area contributed by atoms with Crippen LogP contribution in [0, 0.1) is 0 Å². The molecule has 0 saturated heterocycles. The monoisotopic (exact) mass is 328 g/mol. The van der Waals surface area contributed by atoms with Gasteiger partial charge < -0.3 is 15.8 Å². The van der Waals surface area contributed by atoms with Gasteiger partial charge in [-0.15, -0.1) is 0 Å². The van der Waals surface area contributed by atoms with Gasteiger partial charge in [-0.2, -0.15) is 0 Å². The molecule has 0 aliphatic carbocycles. The van der Waals surface area contributed by atoms with Crippen LogP contribution in [-0.2, 0) is 20.7 Å². The zero-order chi connectivity index (χ0) is 14.4. The van der Waals surface area contributed by atoms with Crippen molar-refractivity contribution in [2.75, 3.05) is 11.9 Å². The number of ether oxygens (including phenoxy) is 1. The highest BCUT2D eigenvalue weighted by Crippen LogP contribution is 2.21. The summed E-state index contributed by atoms with van der Waals surface area (Å²) in [6, 6.07) is 4.17. The minimum Gasteiger partial charge on any atom is -0.464 e. The lowest BCUT2D eigenvalue weighted by atomic mass is 10.1. The molecule has 1 aromatic carbocycles. The fourth-order valence-electron chi connectivity index (χ4n) is 1.53. The maximum Gasteiger partial charge on any atom is 0.332 e. The van der Waals surface area contributed by atoms with E-state index < -0.39 is 17.9 Å². The Balaban J connectivity index is 2.79. The lowest BCUT2D eigenvalue weighted by molar-refractivity contribution is -0.146. The fourth-order valence-corrected chi connectivity index (χ4v) is 1.93. The van der Waals surface area contributed by atoms with Crippen LogP contribution in [0.15, 0.2) is 22.7 Å². The number of carbonyl (C=O) groups excluding carboxylic acids is 2. The van der Waals surface area contributed by atoms with Crippen LogP contribution in [0.1, 0.15) is 19.4 Å². The third kappa shape index (κ3) is 4.33. The summed E-state index contributed by atoms with van der Waals surface area (Å²) in [6.07, 6.45) is 0.754. The molecule has 19 heavy (non-hydrogen) atoms. The summed E-state index contributed by atoms with van der Waals surface area (Å²) in [5, 5.41) is 2.64. The first-order valence-electron chi connectivity index (χ1n) is 6.01. The van der Waals surface area contributed by atoms with Crippen LogP contribution in [0.3, 0.4) is 0 Å². The molecule has 3 N–H and O–H groups in total. The van der Waals surface area contributed by atoms with Crippen LogP contribution in [0.5, 0.6) is 0 Å². The Labute approximate surface area is 120 Å². The van der Waals surface area contributed by atoms with E-state index in [0.717, 1.165) is 16.5 Å². The maximum atomic E-state index is 11.8. The second-order valence-electron chi connectivity index (χ2n) is 3.87. The molecule has 0 heterocycles. The van der Waals surface area contributed by atoms with Crippen LogP contribution < -0.4 is 11.1 Å². The van der Waals surface area contributed by atoms with E-state index in [9.17, 15) is 9.59 Å². The first-order valence-corrected chi connectivity index (χ1v) is 6.80. The molecule has 0 fully saturated rings. The van der Waals surface area contributed by atoms with E-state index in [1.807, 2.05) is 19.1 Å². The smallest absolute Gasteiger partial charge is 0.332 e. The van der Waals surface area contributed by atoms with Gasteiger partial charge in [0.2, 0.25) is 0 Å². The first-order chi connectivity index (χ1) is 8.99. The maximum absolute atomic E-state index is 11.8. The second-order valence-corrected chi connectivity index (χ2v) is 4.79. The van der Waals surface area contributed by atoms with E-state index in [4.69, 9.17) is 10.5 Å². The number of hydrogen-bond acceptors (Lipinski definition) is 4. The summed E-state index contributed by atoms with van der Waals surface area (Å²) in [7, 11) is 0. The fraction of sp³-hybridized carbons (Fsp3) is 0.385. The van der Waals surface area contributed by atoms with E-state index in [2.05, 4.69) is 21.2 Å². The molecule has 1 rings (SSSR count). The first kappa shape index (κ1) is 15.7. The molecule has 0 radical (unpaired) electrons. The van der Waals surface area contributed by atoms with Crippen LogP contribution in [-0.4, -0.2) is 24.5 Å². The van der Waals surface area contributed by atoms with Gasteiger partial charge in [-0.05, 0) is 37.1 Å². The predicted octanol–water partition coefficient (Wildman–Crippen LogP) is 1.84. The zero-order valence-electron chi connectivity index (χ0n) is 10.9. The number of esters is 1. The summed E-state index contributed by atoms with van der Waals surface area (Å²) < 4.78 is 5.63. The molecule has 0 saturated carbocycles. The average Bonchev–Trinajstić information content (AvgIpc) is 2.39. The lowest BCUT2D eigenvalue weighted by Gasteiger charge is -2.13. The Bertz CT molecular complexity index is 477. The van der Waals surface area contributed by atoms with Crippen LogP contribution in [0.25, 0.3) is 0 Å². The largest absolute Gasteiger partial charge is 0.464 e. The van der Waals surface area contributed by atoms with E-state index in [1.165, 1.54) is 0 Å². The standard InChI is InChI=1S/C13H17BrN2O3/c1-3-8-7-9(14)5-6-10(8)16-12(17)11(15)13(18)19-4-2/h5-7,11H,3-4,15H2,1-2H3,(H,16,17). The Morgan fingerprint density at radius 2 is 2.11 bits per heavy atom. The van der Waals surface area contributed by atoms with Gasteiger partial charge >= 0.3 is 5.97 Å². The van der Waals surface area contributed by atoms with Crippen molar-refractivity contribution in [2.24, 2.45) is 5.73 Å². The van der Waals surface area contributed by atoms with Gasteiger partial charge in [-0.3, -0.25) is 4.79 Å². The van der Waals surface area contributed by atoms with E-state index in [1.54, 1.807) is 13.0 Å². The number of nitrogens with one attached hydrogen (secondary N) is 1. The number of nitrogens with two attached hydrogens (primary N) is 1. The van der Waals surface area contributed by atoms with Crippen molar-refractivity contribution < 1.29 is 14.3 Å². The topological polar surface area (TPSA) is 81.4 Å². The van der Waals surface area contributed by atoms with Crippen LogP contribution in [0.2, 0.25) is 0 Å². The van der Waals surface area contributed by atoms with Gasteiger partial charge in [0, 0.05) is 10.2 Å². The van der Waals surface area contributed by atoms with Crippen molar-refractivity contribution in [3.05, 3.63) is 28.2 Å². The molecular weight excluding hydrogens is 312 g/mol. The summed E-state index contributed by atoms with van der Waals surface area (Å²) in [5.41, 5.74) is 7.13. The van der Waals surface area contributed by atoms with Crippen LogP contribution >= 0.6 is 15.9 Å². The molecule has 104 valence electrons. The summed E-state index contributed by atoms with van der Waals surface area (Å²) in [6.45, 7) is 3.83. The second kappa shape index (κ2) is 7.25. The molecule has 5 nitrogen and oxygen atoms in total. The number of benzene rings is 1. The van der Waals surface area contributed by atoms with Crippen molar-refractivity contribution in [2.45, 2.75) is 26.3 Å². The van der Waals surface area contributed by atoms with E-state index in [0.29, 0.717) is 5.69 Å². The number of amides is 1. The summed E-state index contributed by atoms with van der Waals surface area (Å²) in [4.78, 5) is 23.2. The normalized spacial score (nSPS) is 11.8. The van der Waals surface area contributed by atoms with Gasteiger partial charge in [0.15, 0.2) is 6.04 Å². The summed E-state index contributed by atoms with van der Waals surface area (Å²) in [5.74, 6) is -1.30. The SMILES string of the molecule is CCOC(=O)C(N)C(=O)Nc1ccc(Br)cc1CC. The van der Waals surface area contributed by atoms with Gasteiger partial charge in [-0.1, -0.05) is 22.9 Å². The minimum absolute atomic E-state index is 0.193. The van der Waals surface area contributed by atoms with E-state index in [-0.39, 0.29) is 6.61 Å². The lowest BCUT2D eigenvalue weighted by Crippen LogP contribution is -2.43. The number of anilines is 1.